The van der Waals surface area contributed by atoms with Gasteiger partial charge in [-0.1, -0.05) is 80.1 Å². The van der Waals surface area contributed by atoms with Crippen molar-refractivity contribution in [3.05, 3.63) is 131 Å². The fourth-order valence-electron chi connectivity index (χ4n) is 5.23. The number of anilines is 2. The Hall–Kier alpha value is -4.19. The minimum absolute atomic E-state index is 0.00537. The molecule has 244 valence electrons. The summed E-state index contributed by atoms with van der Waals surface area (Å²) in [6.07, 6.45) is -2.12. The third-order valence-electron chi connectivity index (χ3n) is 7.56. The maximum absolute atomic E-state index is 13.9. The minimum atomic E-state index is -4.50. The Kier molecular flexibility index (Phi) is 10.9. The molecule has 0 aliphatic heterocycles. The summed E-state index contributed by atoms with van der Waals surface area (Å²) < 4.78 is 67.0. The number of aryl methyl sites for hydroxylation is 1. The molecule has 1 amide bonds. The summed E-state index contributed by atoms with van der Waals surface area (Å²) in [5, 5.41) is 17.8. The summed E-state index contributed by atoms with van der Waals surface area (Å²) >= 11 is 0. The smallest absolute Gasteiger partial charge is 0.369 e. The Morgan fingerprint density at radius 3 is 2.09 bits per heavy atom. The van der Waals surface area contributed by atoms with E-state index in [0.29, 0.717) is 23.2 Å². The van der Waals surface area contributed by atoms with E-state index in [2.05, 4.69) is 10.6 Å². The molecule has 0 bridgehead atoms. The van der Waals surface area contributed by atoms with Gasteiger partial charge in [0.05, 0.1) is 29.2 Å². The lowest BCUT2D eigenvalue weighted by Gasteiger charge is -2.36. The molecular formula is C35H38F3N3O4S. The van der Waals surface area contributed by atoms with Crippen LogP contribution in [0.2, 0.25) is 0 Å². The van der Waals surface area contributed by atoms with Gasteiger partial charge in [0.1, 0.15) is 0 Å². The standard InChI is InChI=1S/C35H38F3N3O4S/c1-4-12-27-19-29(22-32(21-27)41(46(3,44)45)31-17-9-6-10-18-31)33(42)40-34(43,23-26-13-7-5-8-14-26)25(2)39-24-28-15-11-16-30(20-28)35(36,37)38/h5-11,13-22,25,39,43H,4,12,23-24H2,1-3H3,(H,40,42)/t25-,34+/m1/s1. The van der Waals surface area contributed by atoms with Crippen molar-refractivity contribution in [1.29, 1.82) is 0 Å². The van der Waals surface area contributed by atoms with Gasteiger partial charge in [0, 0.05) is 18.5 Å². The molecule has 0 radical (unpaired) electrons. The van der Waals surface area contributed by atoms with E-state index in [1.165, 1.54) is 16.4 Å². The van der Waals surface area contributed by atoms with Gasteiger partial charge in [-0.15, -0.1) is 0 Å². The lowest BCUT2D eigenvalue weighted by atomic mass is 9.94. The Labute approximate surface area is 268 Å². The maximum atomic E-state index is 13.9. The molecule has 2 atom stereocenters. The average molecular weight is 654 g/mol. The van der Waals surface area contributed by atoms with Gasteiger partial charge in [0.2, 0.25) is 10.0 Å². The van der Waals surface area contributed by atoms with Gasteiger partial charge >= 0.3 is 6.18 Å². The van der Waals surface area contributed by atoms with Crippen LogP contribution in [-0.4, -0.2) is 37.5 Å². The first kappa shape index (κ1) is 34.7. The van der Waals surface area contributed by atoms with Crippen molar-refractivity contribution in [2.24, 2.45) is 0 Å². The Morgan fingerprint density at radius 2 is 1.48 bits per heavy atom. The summed E-state index contributed by atoms with van der Waals surface area (Å²) in [6, 6.07) is 26.4. The number of sulfonamides is 1. The number of para-hydroxylation sites is 1. The molecule has 0 aromatic heterocycles. The van der Waals surface area contributed by atoms with Crippen LogP contribution in [0.4, 0.5) is 24.5 Å². The van der Waals surface area contributed by atoms with E-state index in [1.54, 1.807) is 79.7 Å². The molecular weight excluding hydrogens is 615 g/mol. The molecule has 0 heterocycles. The van der Waals surface area contributed by atoms with E-state index in [4.69, 9.17) is 0 Å². The van der Waals surface area contributed by atoms with Gasteiger partial charge in [-0.25, -0.2) is 12.7 Å². The molecule has 11 heteroatoms. The molecule has 0 spiro atoms. The molecule has 46 heavy (non-hydrogen) atoms. The van der Waals surface area contributed by atoms with E-state index in [9.17, 15) is 31.5 Å². The number of nitrogens with one attached hydrogen (secondary N) is 2. The molecule has 0 fully saturated rings. The van der Waals surface area contributed by atoms with E-state index in [-0.39, 0.29) is 24.2 Å². The molecule has 0 unspecified atom stereocenters. The zero-order valence-corrected chi connectivity index (χ0v) is 26.7. The highest BCUT2D eigenvalue weighted by atomic mass is 32.2. The van der Waals surface area contributed by atoms with Crippen molar-refractivity contribution >= 4 is 27.3 Å². The topological polar surface area (TPSA) is 98.7 Å². The van der Waals surface area contributed by atoms with E-state index in [0.717, 1.165) is 30.4 Å². The van der Waals surface area contributed by atoms with Crippen LogP contribution >= 0.6 is 0 Å². The number of alkyl halides is 3. The van der Waals surface area contributed by atoms with Gasteiger partial charge in [-0.2, -0.15) is 13.2 Å². The average Bonchev–Trinajstić information content (AvgIpc) is 3.00. The molecule has 4 rings (SSSR count). The zero-order chi connectivity index (χ0) is 33.5. The van der Waals surface area contributed by atoms with Gasteiger partial charge in [-0.05, 0) is 66.4 Å². The van der Waals surface area contributed by atoms with Crippen LogP contribution in [0.5, 0.6) is 0 Å². The molecule has 4 aromatic rings. The predicted octanol–water partition coefficient (Wildman–Crippen LogP) is 6.60. The highest BCUT2D eigenvalue weighted by Gasteiger charge is 2.37. The van der Waals surface area contributed by atoms with Crippen molar-refractivity contribution in [2.75, 3.05) is 10.6 Å². The van der Waals surface area contributed by atoms with Crippen molar-refractivity contribution in [3.63, 3.8) is 0 Å². The van der Waals surface area contributed by atoms with E-state index in [1.807, 2.05) is 13.0 Å². The SMILES string of the molecule is CCCc1cc(C(=O)N[C@](O)(Cc2ccccc2)[C@@H](C)NCc2cccc(C(F)(F)F)c2)cc(N(c2ccccc2)S(C)(=O)=O)c1. The highest BCUT2D eigenvalue weighted by molar-refractivity contribution is 7.92. The number of hydrogen-bond donors (Lipinski definition) is 3. The van der Waals surface area contributed by atoms with Crippen molar-refractivity contribution in [1.82, 2.24) is 10.6 Å². The number of amides is 1. The number of carbonyl (C=O) groups excluding carboxylic acids is 1. The second kappa shape index (κ2) is 14.5. The van der Waals surface area contributed by atoms with Crippen LogP contribution < -0.4 is 14.9 Å². The molecule has 0 saturated carbocycles. The Morgan fingerprint density at radius 1 is 0.848 bits per heavy atom. The molecule has 3 N–H and O–H groups in total. The summed E-state index contributed by atoms with van der Waals surface area (Å²) in [6.45, 7) is 3.60. The number of aliphatic hydroxyl groups is 1. The summed E-state index contributed by atoms with van der Waals surface area (Å²) in [4.78, 5) is 13.9. The minimum Gasteiger partial charge on any atom is -0.369 e. The molecule has 0 saturated heterocycles. The first-order valence-electron chi connectivity index (χ1n) is 14.9. The number of hydrogen-bond acceptors (Lipinski definition) is 5. The Balaban J connectivity index is 1.68. The van der Waals surface area contributed by atoms with Crippen molar-refractivity contribution in [3.8, 4) is 0 Å². The molecule has 7 nitrogen and oxygen atoms in total. The van der Waals surface area contributed by atoms with Crippen molar-refractivity contribution < 1.29 is 31.5 Å². The van der Waals surface area contributed by atoms with Crippen LogP contribution in [0.1, 0.15) is 52.9 Å². The summed E-state index contributed by atoms with van der Waals surface area (Å²) in [5.74, 6) is -0.646. The third kappa shape index (κ3) is 8.96. The molecule has 0 aliphatic carbocycles. The maximum Gasteiger partial charge on any atom is 0.416 e. The number of carbonyl (C=O) groups is 1. The van der Waals surface area contributed by atoms with Gasteiger partial charge in [0.25, 0.3) is 5.91 Å². The van der Waals surface area contributed by atoms with Crippen LogP contribution in [0, 0.1) is 0 Å². The summed E-state index contributed by atoms with van der Waals surface area (Å²) in [7, 11) is -3.81. The lowest BCUT2D eigenvalue weighted by molar-refractivity contribution is -0.137. The fourth-order valence-corrected chi connectivity index (χ4v) is 6.22. The van der Waals surface area contributed by atoms with Gasteiger partial charge in [0.15, 0.2) is 5.72 Å². The van der Waals surface area contributed by atoms with Crippen LogP contribution in [-0.2, 0) is 35.6 Å². The first-order valence-corrected chi connectivity index (χ1v) is 16.7. The Bertz CT molecular complexity index is 1740. The van der Waals surface area contributed by atoms with Crippen LogP contribution in [0.15, 0.2) is 103 Å². The van der Waals surface area contributed by atoms with Gasteiger partial charge in [-0.3, -0.25) is 4.79 Å². The molecule has 4 aromatic carbocycles. The number of nitrogens with zero attached hydrogens (tertiary/aromatic N) is 1. The van der Waals surface area contributed by atoms with Gasteiger partial charge < -0.3 is 15.7 Å². The zero-order valence-electron chi connectivity index (χ0n) is 25.9. The quantitative estimate of drug-likeness (QED) is 0.141. The highest BCUT2D eigenvalue weighted by Crippen LogP contribution is 2.32. The lowest BCUT2D eigenvalue weighted by Crippen LogP contribution is -2.61. The monoisotopic (exact) mass is 653 g/mol. The first-order chi connectivity index (χ1) is 21.7. The second-order valence-electron chi connectivity index (χ2n) is 11.3. The number of halogens is 3. The third-order valence-corrected chi connectivity index (χ3v) is 8.65. The van der Waals surface area contributed by atoms with E-state index >= 15 is 0 Å². The van der Waals surface area contributed by atoms with Crippen molar-refractivity contribution in [2.45, 2.75) is 57.6 Å². The van der Waals surface area contributed by atoms with Crippen LogP contribution in [0.3, 0.4) is 0 Å². The number of benzene rings is 4. The molecule has 0 aliphatic rings. The second-order valence-corrected chi connectivity index (χ2v) is 13.2. The van der Waals surface area contributed by atoms with Crippen LogP contribution in [0.25, 0.3) is 0 Å². The number of rotatable bonds is 13. The largest absolute Gasteiger partial charge is 0.416 e. The normalized spacial score (nSPS) is 13.9. The fraction of sp³-hybridized carbons (Fsp3) is 0.286. The van der Waals surface area contributed by atoms with E-state index < -0.39 is 39.4 Å². The predicted molar refractivity (Wildman–Crippen MR) is 174 cm³/mol. The summed E-state index contributed by atoms with van der Waals surface area (Å²) in [5.41, 5.74) is -0.0609.